The van der Waals surface area contributed by atoms with Crippen molar-refractivity contribution in [1.29, 1.82) is 0 Å². The number of halogens is 1. The van der Waals surface area contributed by atoms with E-state index in [1.54, 1.807) is 36.4 Å². The van der Waals surface area contributed by atoms with Crippen LogP contribution in [0.25, 0.3) is 0 Å². The van der Waals surface area contributed by atoms with Crippen LogP contribution < -0.4 is 10.6 Å². The summed E-state index contributed by atoms with van der Waals surface area (Å²) in [4.78, 5) is 30.6. The average Bonchev–Trinajstić information content (AvgIpc) is 2.85. The number of piperidine rings is 2. The highest BCUT2D eigenvalue weighted by Gasteiger charge is 2.32. The Morgan fingerprint density at radius 3 is 2.18 bits per heavy atom. The predicted molar refractivity (Wildman–Crippen MR) is 129 cm³/mol. The Labute approximate surface area is 199 Å². The molecule has 2 saturated heterocycles. The first-order valence-electron chi connectivity index (χ1n) is 11.6. The zero-order valence-corrected chi connectivity index (χ0v) is 19.4. The van der Waals surface area contributed by atoms with Gasteiger partial charge in [0.25, 0.3) is 0 Å². The number of urea groups is 1. The summed E-state index contributed by atoms with van der Waals surface area (Å²) >= 11 is 5.91. The van der Waals surface area contributed by atoms with Gasteiger partial charge in [-0.1, -0.05) is 30.2 Å². The molecule has 2 fully saturated rings. The summed E-state index contributed by atoms with van der Waals surface area (Å²) in [6.45, 7) is 3.66. The van der Waals surface area contributed by atoms with Crippen LogP contribution in [0.15, 0.2) is 48.5 Å². The van der Waals surface area contributed by atoms with Gasteiger partial charge >= 0.3 is 6.03 Å². The lowest BCUT2D eigenvalue weighted by Gasteiger charge is -2.41. The van der Waals surface area contributed by atoms with Crippen LogP contribution in [-0.4, -0.2) is 59.1 Å². The van der Waals surface area contributed by atoms with Crippen LogP contribution in [0.2, 0.25) is 5.02 Å². The van der Waals surface area contributed by atoms with Gasteiger partial charge in [0.1, 0.15) is 11.8 Å². The minimum Gasteiger partial charge on any atom is -0.508 e. The summed E-state index contributed by atoms with van der Waals surface area (Å²) in [6.07, 6.45) is 5.73. The van der Waals surface area contributed by atoms with E-state index in [1.165, 1.54) is 31.4 Å². The number of phenols is 1. The molecule has 2 heterocycles. The minimum atomic E-state index is -0.843. The molecule has 0 spiro atoms. The van der Waals surface area contributed by atoms with Gasteiger partial charge in [0.15, 0.2) is 0 Å². The monoisotopic (exact) mass is 470 g/mol. The van der Waals surface area contributed by atoms with Gasteiger partial charge in [0.05, 0.1) is 0 Å². The largest absolute Gasteiger partial charge is 0.508 e. The van der Waals surface area contributed by atoms with E-state index in [0.717, 1.165) is 25.9 Å². The SMILES string of the molecule is O=C(Nc1ccc(Cl)cc1)N[C@@H](C(=O)N1CCC(N2CCCCC2)CC1)c1ccc(O)cc1. The van der Waals surface area contributed by atoms with Gasteiger partial charge < -0.3 is 25.5 Å². The van der Waals surface area contributed by atoms with E-state index >= 15 is 0 Å². The molecule has 0 unspecified atom stereocenters. The highest BCUT2D eigenvalue weighted by atomic mass is 35.5. The van der Waals surface area contributed by atoms with E-state index in [-0.39, 0.29) is 11.7 Å². The van der Waals surface area contributed by atoms with Crippen LogP contribution in [-0.2, 0) is 4.79 Å². The van der Waals surface area contributed by atoms with Crippen molar-refractivity contribution in [1.82, 2.24) is 15.1 Å². The van der Waals surface area contributed by atoms with E-state index in [1.807, 2.05) is 4.90 Å². The molecule has 1 atom stereocenters. The molecule has 2 aliphatic rings. The maximum Gasteiger partial charge on any atom is 0.320 e. The van der Waals surface area contributed by atoms with Gasteiger partial charge in [-0.2, -0.15) is 0 Å². The second-order valence-corrected chi connectivity index (χ2v) is 9.22. The van der Waals surface area contributed by atoms with Gasteiger partial charge in [0.2, 0.25) is 5.91 Å². The first kappa shape index (κ1) is 23.4. The maximum absolute atomic E-state index is 13.5. The Balaban J connectivity index is 1.42. The summed E-state index contributed by atoms with van der Waals surface area (Å²) in [6, 6.07) is 12.4. The third kappa shape index (κ3) is 6.18. The van der Waals surface area contributed by atoms with Crippen LogP contribution in [0.3, 0.4) is 0 Å². The van der Waals surface area contributed by atoms with Crippen molar-refractivity contribution < 1.29 is 14.7 Å². The lowest BCUT2D eigenvalue weighted by Crippen LogP contribution is -2.51. The van der Waals surface area contributed by atoms with Crippen LogP contribution in [0.1, 0.15) is 43.7 Å². The number of benzene rings is 2. The van der Waals surface area contributed by atoms with Gasteiger partial charge in [0, 0.05) is 29.8 Å². The standard InChI is InChI=1S/C25H31ClN4O3/c26-19-6-8-20(9-7-19)27-25(33)28-23(18-4-10-22(31)11-5-18)24(32)30-16-12-21(13-17-30)29-14-2-1-3-15-29/h4-11,21,23,31H,1-3,12-17H2,(H2,27,28,33)/t23-/m1/s1. The molecule has 33 heavy (non-hydrogen) atoms. The normalized spacial score (nSPS) is 18.5. The number of amides is 3. The highest BCUT2D eigenvalue weighted by Crippen LogP contribution is 2.25. The number of nitrogens with zero attached hydrogens (tertiary/aromatic N) is 2. The Hall–Kier alpha value is -2.77. The number of carbonyl (C=O) groups is 2. The fourth-order valence-corrected chi connectivity index (χ4v) is 4.83. The number of nitrogens with one attached hydrogen (secondary N) is 2. The topological polar surface area (TPSA) is 84.9 Å². The Morgan fingerprint density at radius 1 is 0.909 bits per heavy atom. The fraction of sp³-hybridized carbons (Fsp3) is 0.440. The number of anilines is 1. The Morgan fingerprint density at radius 2 is 1.55 bits per heavy atom. The number of aromatic hydroxyl groups is 1. The van der Waals surface area contributed by atoms with Crippen molar-refractivity contribution in [3.05, 3.63) is 59.1 Å². The molecule has 3 N–H and O–H groups in total. The second-order valence-electron chi connectivity index (χ2n) is 8.78. The van der Waals surface area contributed by atoms with Crippen LogP contribution >= 0.6 is 11.6 Å². The lowest BCUT2D eigenvalue weighted by atomic mass is 9.98. The van der Waals surface area contributed by atoms with Crippen LogP contribution in [0, 0.1) is 0 Å². The van der Waals surface area contributed by atoms with E-state index in [2.05, 4.69) is 15.5 Å². The molecule has 2 aliphatic heterocycles. The first-order valence-corrected chi connectivity index (χ1v) is 12.0. The molecular weight excluding hydrogens is 440 g/mol. The number of carbonyl (C=O) groups excluding carboxylic acids is 2. The molecule has 0 bridgehead atoms. The van der Waals surface area contributed by atoms with Crippen molar-refractivity contribution in [2.24, 2.45) is 0 Å². The molecule has 3 amide bonds. The average molecular weight is 471 g/mol. The van der Waals surface area contributed by atoms with Crippen molar-refractivity contribution >= 4 is 29.2 Å². The number of rotatable bonds is 5. The third-order valence-corrected chi connectivity index (χ3v) is 6.79. The van der Waals surface area contributed by atoms with Crippen molar-refractivity contribution in [3.8, 4) is 5.75 Å². The van der Waals surface area contributed by atoms with Gasteiger partial charge in [-0.25, -0.2) is 4.79 Å². The predicted octanol–water partition coefficient (Wildman–Crippen LogP) is 4.39. The van der Waals surface area contributed by atoms with Crippen molar-refractivity contribution in [2.75, 3.05) is 31.5 Å². The molecule has 0 radical (unpaired) electrons. The Kier molecular flexibility index (Phi) is 7.73. The molecule has 2 aromatic carbocycles. The van der Waals surface area contributed by atoms with Gasteiger partial charge in [-0.3, -0.25) is 4.79 Å². The lowest BCUT2D eigenvalue weighted by molar-refractivity contribution is -0.135. The van der Waals surface area contributed by atoms with Crippen LogP contribution in [0.4, 0.5) is 10.5 Å². The molecule has 0 aromatic heterocycles. The number of hydrogen-bond donors (Lipinski definition) is 3. The summed E-state index contributed by atoms with van der Waals surface area (Å²) < 4.78 is 0. The number of phenolic OH excluding ortho intramolecular Hbond substituents is 1. The van der Waals surface area contributed by atoms with Crippen molar-refractivity contribution in [2.45, 2.75) is 44.2 Å². The molecular formula is C25H31ClN4O3. The molecule has 4 rings (SSSR count). The molecule has 0 aliphatic carbocycles. The Bertz CT molecular complexity index is 937. The zero-order chi connectivity index (χ0) is 23.2. The molecule has 8 heteroatoms. The third-order valence-electron chi connectivity index (χ3n) is 6.53. The number of likely N-dealkylation sites (tertiary alicyclic amines) is 2. The zero-order valence-electron chi connectivity index (χ0n) is 18.7. The second kappa shape index (κ2) is 10.9. The smallest absolute Gasteiger partial charge is 0.320 e. The molecule has 0 saturated carbocycles. The van der Waals surface area contributed by atoms with Gasteiger partial charge in [-0.05, 0) is 80.7 Å². The number of hydrogen-bond acceptors (Lipinski definition) is 4. The summed E-state index contributed by atoms with van der Waals surface area (Å²) in [5, 5.41) is 15.8. The van der Waals surface area contributed by atoms with E-state index in [0.29, 0.717) is 35.4 Å². The summed E-state index contributed by atoms with van der Waals surface area (Å²) in [7, 11) is 0. The van der Waals surface area contributed by atoms with Crippen molar-refractivity contribution in [3.63, 3.8) is 0 Å². The summed E-state index contributed by atoms with van der Waals surface area (Å²) in [5.74, 6) is -0.0260. The highest BCUT2D eigenvalue weighted by molar-refractivity contribution is 6.30. The van der Waals surface area contributed by atoms with Crippen LogP contribution in [0.5, 0.6) is 5.75 Å². The summed E-state index contributed by atoms with van der Waals surface area (Å²) in [5.41, 5.74) is 1.21. The van der Waals surface area contributed by atoms with E-state index in [9.17, 15) is 14.7 Å². The van der Waals surface area contributed by atoms with E-state index in [4.69, 9.17) is 11.6 Å². The molecule has 2 aromatic rings. The minimum absolute atomic E-state index is 0.109. The van der Waals surface area contributed by atoms with E-state index < -0.39 is 12.1 Å². The van der Waals surface area contributed by atoms with Gasteiger partial charge in [-0.15, -0.1) is 0 Å². The fourth-order valence-electron chi connectivity index (χ4n) is 4.70. The quantitative estimate of drug-likeness (QED) is 0.605. The molecule has 7 nitrogen and oxygen atoms in total. The molecule has 176 valence electrons. The maximum atomic E-state index is 13.5. The first-order chi connectivity index (χ1) is 16.0.